The molecule has 0 aliphatic carbocycles. The van der Waals surface area contributed by atoms with Gasteiger partial charge in [0.25, 0.3) is 0 Å². The fraction of sp³-hybridized carbons (Fsp3) is 0.0182. The lowest BCUT2D eigenvalue weighted by atomic mass is 9.81. The van der Waals surface area contributed by atoms with Crippen molar-refractivity contribution in [2.24, 2.45) is 0 Å². The van der Waals surface area contributed by atoms with Gasteiger partial charge in [-0.15, -0.1) is 0 Å². The summed E-state index contributed by atoms with van der Waals surface area (Å²) in [5.74, 6) is 0. The number of nitrogens with zero attached hydrogens (tertiary/aromatic N) is 1. The summed E-state index contributed by atoms with van der Waals surface area (Å²) in [6, 6.07) is 79.6. The van der Waals surface area contributed by atoms with Crippen LogP contribution in [0.15, 0.2) is 218 Å². The monoisotopic (exact) mass is 713 g/mol. The Hall–Kier alpha value is -7.22. The van der Waals surface area contributed by atoms with Gasteiger partial charge in [0, 0.05) is 17.1 Å². The molecule has 1 nitrogen and oxygen atoms in total. The van der Waals surface area contributed by atoms with Gasteiger partial charge in [0.2, 0.25) is 0 Å². The first-order valence-corrected chi connectivity index (χ1v) is 19.4. The zero-order valence-electron chi connectivity index (χ0n) is 31.2. The Bertz CT molecular complexity index is 3010. The van der Waals surface area contributed by atoms with E-state index in [-0.39, 0.29) is 0 Å². The largest absolute Gasteiger partial charge is 0.310 e. The van der Waals surface area contributed by atoms with Gasteiger partial charge in [0.1, 0.15) is 0 Å². The molecule has 1 heteroatoms. The minimum absolute atomic E-state index is 1.12. The summed E-state index contributed by atoms with van der Waals surface area (Å²) in [5.41, 5.74) is 14.3. The predicted octanol–water partition coefficient (Wildman–Crippen LogP) is 15.6. The molecule has 0 radical (unpaired) electrons. The van der Waals surface area contributed by atoms with E-state index in [1.807, 2.05) is 0 Å². The number of anilines is 3. The smallest absolute Gasteiger partial charge is 0.0490 e. The molecule has 0 N–H and O–H groups in total. The molecule has 264 valence electrons. The molecule has 0 saturated heterocycles. The van der Waals surface area contributed by atoms with E-state index >= 15 is 0 Å². The van der Waals surface area contributed by atoms with Crippen molar-refractivity contribution in [3.8, 4) is 44.5 Å². The van der Waals surface area contributed by atoms with Gasteiger partial charge in [-0.2, -0.15) is 0 Å². The second kappa shape index (κ2) is 14.2. The van der Waals surface area contributed by atoms with Crippen molar-refractivity contribution in [2.75, 3.05) is 4.90 Å². The normalized spacial score (nSPS) is 11.3. The predicted molar refractivity (Wildman–Crippen MR) is 240 cm³/mol. The molecule has 10 aromatic carbocycles. The molecule has 0 aliphatic rings. The van der Waals surface area contributed by atoms with Crippen LogP contribution in [0.5, 0.6) is 0 Å². The number of rotatable bonds is 7. The van der Waals surface area contributed by atoms with E-state index in [0.717, 1.165) is 17.1 Å². The Kier molecular flexibility index (Phi) is 8.46. The van der Waals surface area contributed by atoms with Crippen molar-refractivity contribution in [2.45, 2.75) is 6.92 Å². The lowest BCUT2D eigenvalue weighted by Crippen LogP contribution is -2.11. The van der Waals surface area contributed by atoms with E-state index in [0.29, 0.717) is 0 Å². The highest BCUT2D eigenvalue weighted by atomic mass is 15.1. The summed E-state index contributed by atoms with van der Waals surface area (Å²) < 4.78 is 0. The van der Waals surface area contributed by atoms with Crippen molar-refractivity contribution >= 4 is 49.4 Å². The Labute approximate surface area is 328 Å². The van der Waals surface area contributed by atoms with E-state index < -0.39 is 0 Å². The summed E-state index contributed by atoms with van der Waals surface area (Å²) in [7, 11) is 0. The minimum Gasteiger partial charge on any atom is -0.310 e. The molecular formula is C55H39N. The topological polar surface area (TPSA) is 3.24 Å². The maximum absolute atomic E-state index is 2.43. The van der Waals surface area contributed by atoms with Gasteiger partial charge in [-0.1, -0.05) is 182 Å². The Morgan fingerprint density at radius 1 is 0.304 bits per heavy atom. The third-order valence-electron chi connectivity index (χ3n) is 11.1. The molecular weight excluding hydrogens is 675 g/mol. The molecule has 0 aliphatic heterocycles. The molecule has 0 aromatic heterocycles. The summed E-state index contributed by atoms with van der Waals surface area (Å²) in [6.45, 7) is 2.20. The molecule has 0 amide bonds. The molecule has 10 rings (SSSR count). The maximum atomic E-state index is 2.43. The summed E-state index contributed by atoms with van der Waals surface area (Å²) in [4.78, 5) is 2.42. The first-order chi connectivity index (χ1) is 27.7. The highest BCUT2D eigenvalue weighted by Gasteiger charge is 2.23. The third-order valence-corrected chi connectivity index (χ3v) is 11.1. The highest BCUT2D eigenvalue weighted by Crippen LogP contribution is 2.50. The fourth-order valence-corrected chi connectivity index (χ4v) is 8.57. The summed E-state index contributed by atoms with van der Waals surface area (Å²) in [5, 5.41) is 7.49. The Morgan fingerprint density at radius 2 is 0.821 bits per heavy atom. The second-order valence-electron chi connectivity index (χ2n) is 14.5. The molecule has 0 fully saturated rings. The van der Waals surface area contributed by atoms with Crippen LogP contribution in [0.25, 0.3) is 76.8 Å². The van der Waals surface area contributed by atoms with Gasteiger partial charge in [-0.3, -0.25) is 0 Å². The SMILES string of the molecule is Cc1ccccc1N(c1cccc(-c2ccccc2)c1)c1ccc2c(c1)c1ccccc1c1c(-c3ccccc3)cc(-c3ccccc3)c(-c3ccccc3)c21. The molecule has 0 saturated carbocycles. The fourth-order valence-electron chi connectivity index (χ4n) is 8.57. The van der Waals surface area contributed by atoms with E-state index in [9.17, 15) is 0 Å². The number of benzene rings is 10. The van der Waals surface area contributed by atoms with E-state index in [4.69, 9.17) is 0 Å². The number of hydrogen-bond donors (Lipinski definition) is 0. The van der Waals surface area contributed by atoms with Crippen molar-refractivity contribution < 1.29 is 0 Å². The van der Waals surface area contributed by atoms with Crippen LogP contribution in [0.3, 0.4) is 0 Å². The van der Waals surface area contributed by atoms with Gasteiger partial charge >= 0.3 is 0 Å². The van der Waals surface area contributed by atoms with Gasteiger partial charge in [-0.05, 0) is 126 Å². The first-order valence-electron chi connectivity index (χ1n) is 19.4. The quantitative estimate of drug-likeness (QED) is 0.149. The number of hydrogen-bond acceptors (Lipinski definition) is 1. The van der Waals surface area contributed by atoms with E-state index in [1.165, 1.54) is 82.4 Å². The molecule has 0 atom stereocenters. The zero-order valence-corrected chi connectivity index (χ0v) is 31.2. The summed E-state index contributed by atoms with van der Waals surface area (Å²) in [6.07, 6.45) is 0. The second-order valence-corrected chi connectivity index (χ2v) is 14.5. The molecule has 0 heterocycles. The lowest BCUT2D eigenvalue weighted by molar-refractivity contribution is 1.25. The highest BCUT2D eigenvalue weighted by molar-refractivity contribution is 6.33. The number of aryl methyl sites for hydroxylation is 1. The summed E-state index contributed by atoms with van der Waals surface area (Å²) >= 11 is 0. The molecule has 56 heavy (non-hydrogen) atoms. The van der Waals surface area contributed by atoms with Crippen LogP contribution in [-0.2, 0) is 0 Å². The first kappa shape index (κ1) is 33.4. The van der Waals surface area contributed by atoms with Crippen LogP contribution in [0.1, 0.15) is 5.56 Å². The van der Waals surface area contributed by atoms with Crippen LogP contribution >= 0.6 is 0 Å². The number of fused-ring (bicyclic) bond motifs is 6. The lowest BCUT2D eigenvalue weighted by Gasteiger charge is -2.28. The minimum atomic E-state index is 1.12. The van der Waals surface area contributed by atoms with Gasteiger partial charge in [0.15, 0.2) is 0 Å². The van der Waals surface area contributed by atoms with Crippen LogP contribution in [-0.4, -0.2) is 0 Å². The van der Waals surface area contributed by atoms with Crippen LogP contribution < -0.4 is 4.90 Å². The standard InChI is InChI=1S/C55H39N/c1-38-19-14-17-32-52(38)56(44-29-18-28-43(35-44)39-20-6-2-7-21-39)45-33-34-48-51(36-45)46-30-15-16-31-47(46)54-50(41-24-10-4-11-25-41)37-49(40-22-8-3-9-23-40)53(55(48)54)42-26-12-5-13-27-42/h2-37H,1H3. The average molecular weight is 714 g/mol. The van der Waals surface area contributed by atoms with Crippen LogP contribution in [0.2, 0.25) is 0 Å². The van der Waals surface area contributed by atoms with Crippen molar-refractivity contribution in [3.63, 3.8) is 0 Å². The van der Waals surface area contributed by atoms with Crippen LogP contribution in [0.4, 0.5) is 17.1 Å². The number of para-hydroxylation sites is 1. The molecule has 0 unspecified atom stereocenters. The van der Waals surface area contributed by atoms with Gasteiger partial charge in [0.05, 0.1) is 0 Å². The molecule has 0 bridgehead atoms. The Balaban J connectivity index is 1.33. The third kappa shape index (κ3) is 5.82. The maximum Gasteiger partial charge on any atom is 0.0490 e. The molecule has 10 aromatic rings. The Morgan fingerprint density at radius 3 is 1.50 bits per heavy atom. The molecule has 0 spiro atoms. The van der Waals surface area contributed by atoms with E-state index in [2.05, 4.69) is 230 Å². The van der Waals surface area contributed by atoms with Crippen molar-refractivity contribution in [3.05, 3.63) is 224 Å². The van der Waals surface area contributed by atoms with Crippen molar-refractivity contribution in [1.29, 1.82) is 0 Å². The van der Waals surface area contributed by atoms with Gasteiger partial charge in [-0.25, -0.2) is 0 Å². The average Bonchev–Trinajstić information content (AvgIpc) is 3.28. The van der Waals surface area contributed by atoms with E-state index in [1.54, 1.807) is 0 Å². The van der Waals surface area contributed by atoms with Crippen molar-refractivity contribution in [1.82, 2.24) is 0 Å². The van der Waals surface area contributed by atoms with Crippen LogP contribution in [0, 0.1) is 6.92 Å². The van der Waals surface area contributed by atoms with Gasteiger partial charge < -0.3 is 4.90 Å². The zero-order chi connectivity index (χ0) is 37.4.